The average molecular weight is 280 g/mol. The Hall–Kier alpha value is -2.58. The third-order valence-electron chi connectivity index (χ3n) is 6.91. The molecule has 0 aliphatic heterocycles. The summed E-state index contributed by atoms with van der Waals surface area (Å²) in [7, 11) is 0. The molecule has 0 aromatic heterocycles. The Kier molecular flexibility index (Phi) is 1.56. The van der Waals surface area contributed by atoms with Crippen molar-refractivity contribution in [2.75, 3.05) is 0 Å². The largest absolute Gasteiger partial charge is 0.192 e. The van der Waals surface area contributed by atoms with E-state index in [1.54, 1.807) is 0 Å². The molecular weight excluding hydrogens is 268 g/mol. The first-order valence-electron chi connectivity index (χ1n) is 7.88. The second-order valence-electron chi connectivity index (χ2n) is 7.15. The molecule has 2 aromatic rings. The third-order valence-corrected chi connectivity index (χ3v) is 6.91. The first kappa shape index (κ1) is 11.0. The Morgan fingerprint density at radius 3 is 1.82 bits per heavy atom. The minimum absolute atomic E-state index is 0.206. The molecule has 0 spiro atoms. The molecule has 0 N–H and O–H groups in total. The minimum atomic E-state index is 0.206. The van der Waals surface area contributed by atoms with Gasteiger partial charge in [0.15, 0.2) is 0 Å². The van der Waals surface area contributed by atoms with Crippen LogP contribution in [0.2, 0.25) is 0 Å². The van der Waals surface area contributed by atoms with Crippen LogP contribution in [0, 0.1) is 40.4 Å². The molecular formula is C20H12N2. The second-order valence-corrected chi connectivity index (χ2v) is 7.15. The van der Waals surface area contributed by atoms with Gasteiger partial charge in [0.25, 0.3) is 0 Å². The van der Waals surface area contributed by atoms with Crippen molar-refractivity contribution in [2.45, 2.75) is 17.3 Å². The van der Waals surface area contributed by atoms with Crippen LogP contribution in [-0.4, -0.2) is 0 Å². The molecule has 3 saturated carbocycles. The third kappa shape index (κ3) is 0.804. The van der Waals surface area contributed by atoms with Gasteiger partial charge in [0.1, 0.15) is 0 Å². The van der Waals surface area contributed by atoms with E-state index < -0.39 is 0 Å². The van der Waals surface area contributed by atoms with Gasteiger partial charge in [-0.3, -0.25) is 0 Å². The van der Waals surface area contributed by atoms with Crippen LogP contribution < -0.4 is 0 Å². The van der Waals surface area contributed by atoms with Crippen molar-refractivity contribution in [3.05, 3.63) is 70.3 Å². The van der Waals surface area contributed by atoms with E-state index in [1.165, 1.54) is 16.7 Å². The molecule has 4 aliphatic carbocycles. The SMILES string of the molecule is N#Cc1ccc(C#N)c2c1[C@@H]1[C@H]3C4[C@H]3[C@H]2C41c1ccccc1. The lowest BCUT2D eigenvalue weighted by Crippen LogP contribution is -2.49. The van der Waals surface area contributed by atoms with Crippen molar-refractivity contribution in [2.24, 2.45) is 17.8 Å². The minimum Gasteiger partial charge on any atom is -0.192 e. The van der Waals surface area contributed by atoms with Crippen LogP contribution in [0.25, 0.3) is 0 Å². The van der Waals surface area contributed by atoms with E-state index in [-0.39, 0.29) is 5.41 Å². The van der Waals surface area contributed by atoms with E-state index in [1.807, 2.05) is 12.1 Å². The van der Waals surface area contributed by atoms with Crippen LogP contribution in [-0.2, 0) is 5.41 Å². The quantitative estimate of drug-likeness (QED) is 0.803. The highest BCUT2D eigenvalue weighted by Gasteiger charge is 2.94. The summed E-state index contributed by atoms with van der Waals surface area (Å²) in [6.45, 7) is 0. The topological polar surface area (TPSA) is 47.6 Å². The zero-order valence-corrected chi connectivity index (χ0v) is 11.8. The van der Waals surface area contributed by atoms with E-state index in [0.717, 1.165) is 28.9 Å². The van der Waals surface area contributed by atoms with Crippen molar-refractivity contribution in [3.63, 3.8) is 0 Å². The summed E-state index contributed by atoms with van der Waals surface area (Å²) in [5, 5.41) is 19.0. The van der Waals surface area contributed by atoms with Gasteiger partial charge in [0, 0.05) is 5.41 Å². The summed E-state index contributed by atoms with van der Waals surface area (Å²) >= 11 is 0. The number of benzene rings is 2. The lowest BCUT2D eigenvalue weighted by molar-refractivity contribution is 0.120. The van der Waals surface area contributed by atoms with Crippen LogP contribution in [0.4, 0.5) is 0 Å². The summed E-state index contributed by atoms with van der Waals surface area (Å²) in [6, 6.07) is 19.2. The molecule has 0 radical (unpaired) electrons. The van der Waals surface area contributed by atoms with E-state index in [4.69, 9.17) is 0 Å². The Morgan fingerprint density at radius 1 is 0.773 bits per heavy atom. The fraction of sp³-hybridized carbons (Fsp3) is 0.300. The second kappa shape index (κ2) is 3.11. The molecule has 0 heterocycles. The Bertz CT molecular complexity index is 889. The molecule has 4 aliphatic rings. The maximum Gasteiger partial charge on any atom is 0.0994 e. The molecule has 6 atom stereocenters. The molecule has 2 aromatic carbocycles. The lowest BCUT2D eigenvalue weighted by Gasteiger charge is -2.51. The van der Waals surface area contributed by atoms with Gasteiger partial charge in [-0.2, -0.15) is 10.5 Å². The Labute approximate surface area is 128 Å². The average Bonchev–Trinajstić information content (AvgIpc) is 2.97. The lowest BCUT2D eigenvalue weighted by atomic mass is 9.51. The summed E-state index contributed by atoms with van der Waals surface area (Å²) in [6.07, 6.45) is 0. The smallest absolute Gasteiger partial charge is 0.0994 e. The van der Waals surface area contributed by atoms with Gasteiger partial charge in [-0.25, -0.2) is 0 Å². The molecule has 0 saturated heterocycles. The zero-order chi connectivity index (χ0) is 14.6. The van der Waals surface area contributed by atoms with Gasteiger partial charge in [0.2, 0.25) is 0 Å². The number of fused-ring (bicyclic) bond motifs is 6. The maximum absolute atomic E-state index is 9.52. The monoisotopic (exact) mass is 280 g/mol. The van der Waals surface area contributed by atoms with Gasteiger partial charge in [-0.15, -0.1) is 0 Å². The molecule has 2 heteroatoms. The fourth-order valence-electron chi connectivity index (χ4n) is 6.51. The molecule has 0 amide bonds. The summed E-state index contributed by atoms with van der Waals surface area (Å²) in [5.41, 5.74) is 5.65. The Balaban J connectivity index is 1.67. The highest BCUT2D eigenvalue weighted by molar-refractivity contribution is 5.73. The summed E-state index contributed by atoms with van der Waals surface area (Å²) < 4.78 is 0. The summed E-state index contributed by atoms with van der Waals surface area (Å²) in [5.74, 6) is 3.31. The number of nitrogens with zero attached hydrogens (tertiary/aromatic N) is 2. The van der Waals surface area contributed by atoms with Crippen molar-refractivity contribution in [3.8, 4) is 12.1 Å². The van der Waals surface area contributed by atoms with E-state index in [9.17, 15) is 10.5 Å². The number of hydrogen-bond donors (Lipinski definition) is 0. The number of nitriles is 2. The van der Waals surface area contributed by atoms with Gasteiger partial charge >= 0.3 is 0 Å². The standard InChI is InChI=1S/C20H12N2/c21-8-10-6-7-11(9-22)14-13(10)17-15-16-18(14)20(17,19(15)16)12-4-2-1-3-5-12/h1-7,15-19H/t15-,16+,17+,18-,19?,20?. The fourth-order valence-corrected chi connectivity index (χ4v) is 6.51. The van der Waals surface area contributed by atoms with Gasteiger partial charge in [-0.1, -0.05) is 30.3 Å². The van der Waals surface area contributed by atoms with E-state index in [0.29, 0.717) is 11.8 Å². The van der Waals surface area contributed by atoms with Crippen molar-refractivity contribution >= 4 is 0 Å². The molecule has 2 unspecified atom stereocenters. The van der Waals surface area contributed by atoms with Gasteiger partial charge in [0.05, 0.1) is 23.3 Å². The Morgan fingerprint density at radius 2 is 1.32 bits per heavy atom. The van der Waals surface area contributed by atoms with Crippen LogP contribution in [0.15, 0.2) is 42.5 Å². The highest BCUT2D eigenvalue weighted by atomic mass is 15.0. The van der Waals surface area contributed by atoms with Crippen molar-refractivity contribution < 1.29 is 0 Å². The first-order valence-corrected chi connectivity index (χ1v) is 7.88. The maximum atomic E-state index is 9.52. The first-order chi connectivity index (χ1) is 10.9. The zero-order valence-electron chi connectivity index (χ0n) is 11.8. The van der Waals surface area contributed by atoms with Crippen LogP contribution in [0.5, 0.6) is 0 Å². The van der Waals surface area contributed by atoms with E-state index >= 15 is 0 Å². The molecule has 0 bridgehead atoms. The predicted octanol–water partition coefficient (Wildman–Crippen LogP) is 3.44. The predicted molar refractivity (Wildman–Crippen MR) is 79.9 cm³/mol. The van der Waals surface area contributed by atoms with Crippen molar-refractivity contribution in [1.82, 2.24) is 0 Å². The van der Waals surface area contributed by atoms with E-state index in [2.05, 4.69) is 42.5 Å². The van der Waals surface area contributed by atoms with Gasteiger partial charge < -0.3 is 0 Å². The van der Waals surface area contributed by atoms with Crippen LogP contribution >= 0.6 is 0 Å². The van der Waals surface area contributed by atoms with Crippen LogP contribution in [0.1, 0.15) is 39.7 Å². The molecule has 22 heavy (non-hydrogen) atoms. The summed E-state index contributed by atoms with van der Waals surface area (Å²) in [4.78, 5) is 0. The molecule has 3 fully saturated rings. The highest BCUT2D eigenvalue weighted by Crippen LogP contribution is 2.98. The van der Waals surface area contributed by atoms with Crippen molar-refractivity contribution in [1.29, 1.82) is 10.5 Å². The van der Waals surface area contributed by atoms with Gasteiger partial charge in [-0.05, 0) is 58.4 Å². The normalized spacial score (nSPS) is 40.4. The number of hydrogen-bond acceptors (Lipinski definition) is 2. The molecule has 2 nitrogen and oxygen atoms in total. The van der Waals surface area contributed by atoms with Crippen LogP contribution in [0.3, 0.4) is 0 Å². The number of rotatable bonds is 1. The molecule has 6 rings (SSSR count). The molecule has 102 valence electrons.